The third-order valence-electron chi connectivity index (χ3n) is 11.2. The predicted octanol–water partition coefficient (Wildman–Crippen LogP) is 3.01. The van der Waals surface area contributed by atoms with E-state index in [9.17, 15) is 19.8 Å². The maximum atomic E-state index is 13.8. The van der Waals surface area contributed by atoms with Crippen LogP contribution in [0.25, 0.3) is 0 Å². The number of hydrogen-bond acceptors (Lipinski definition) is 7. The molecule has 2 heterocycles. The molecule has 7 atom stereocenters. The van der Waals surface area contributed by atoms with Gasteiger partial charge < -0.3 is 15.1 Å². The highest BCUT2D eigenvalue weighted by Gasteiger charge is 2.68. The van der Waals surface area contributed by atoms with E-state index in [0.29, 0.717) is 19.3 Å². The van der Waals surface area contributed by atoms with Crippen LogP contribution in [0.3, 0.4) is 0 Å². The molecule has 1 aliphatic heterocycles. The third kappa shape index (κ3) is 3.83. The zero-order valence-corrected chi connectivity index (χ0v) is 22.2. The summed E-state index contributed by atoms with van der Waals surface area (Å²) in [6.07, 6.45) is 8.00. The summed E-state index contributed by atoms with van der Waals surface area (Å²) in [5, 5.41) is 23.7. The number of aliphatic hydroxyl groups excluding tert-OH is 1. The van der Waals surface area contributed by atoms with Gasteiger partial charge in [0.1, 0.15) is 11.4 Å². The fraction of sp³-hybridized carbons (Fsp3) is 0.700. The van der Waals surface area contributed by atoms with E-state index in [0.717, 1.165) is 57.7 Å². The summed E-state index contributed by atoms with van der Waals surface area (Å²) in [6.45, 7) is 7.70. The lowest BCUT2D eigenvalue weighted by atomic mass is 9.45. The van der Waals surface area contributed by atoms with Crippen molar-refractivity contribution in [2.45, 2.75) is 70.5 Å². The first-order chi connectivity index (χ1) is 17.7. The van der Waals surface area contributed by atoms with Gasteiger partial charge in [-0.15, -0.1) is 0 Å². The first kappa shape index (κ1) is 25.2. The van der Waals surface area contributed by atoms with Gasteiger partial charge in [0.2, 0.25) is 0 Å². The molecule has 0 aromatic carbocycles. The number of pyridine rings is 1. The molecule has 7 heteroatoms. The number of carbonyl (C=O) groups is 2. The number of anilines is 1. The molecule has 1 saturated heterocycles. The van der Waals surface area contributed by atoms with Crippen LogP contribution in [0.5, 0.6) is 0 Å². The molecule has 6 rings (SSSR count). The standard InChI is InChI=1S/C30H41N3O4/c1-28-10-8-21(34)17-20(28)6-7-22-23-9-11-30(37,29(23,2)18-24(35)27(22)28)25(36)19-32-13-15-33(16-14-32)26-5-3-4-12-31-26/h3-5,12,17,22-24,27,35,37H,6-11,13-16,18-19H2,1-2H3/t22-,23-,24+,27+,28-,29-,30-/m0/s1. The van der Waals surface area contributed by atoms with Crippen LogP contribution in [0.4, 0.5) is 5.82 Å². The van der Waals surface area contributed by atoms with E-state index in [1.807, 2.05) is 24.3 Å². The highest BCUT2D eigenvalue weighted by molar-refractivity contribution is 5.92. The first-order valence-corrected chi connectivity index (χ1v) is 14.2. The number of ketones is 2. The van der Waals surface area contributed by atoms with Crippen molar-refractivity contribution in [1.29, 1.82) is 0 Å². The molecule has 0 radical (unpaired) electrons. The molecule has 1 aromatic rings. The SMILES string of the molecule is C[C@]12CCC(=O)C=C1CC[C@@H]1[C@@H]2[C@H](O)C[C@@]2(C)[C@H]1CC[C@]2(O)C(=O)CN1CCN(c2ccccn2)CC1. The van der Waals surface area contributed by atoms with Gasteiger partial charge in [-0.3, -0.25) is 14.5 Å². The Labute approximate surface area is 219 Å². The van der Waals surface area contributed by atoms with Crippen LogP contribution in [-0.4, -0.2) is 76.1 Å². The van der Waals surface area contributed by atoms with E-state index in [4.69, 9.17) is 0 Å². The second kappa shape index (κ2) is 8.99. The lowest BCUT2D eigenvalue weighted by Gasteiger charge is -2.60. The van der Waals surface area contributed by atoms with Gasteiger partial charge in [0.25, 0.3) is 0 Å². The van der Waals surface area contributed by atoms with Crippen molar-refractivity contribution in [2.75, 3.05) is 37.6 Å². The summed E-state index contributed by atoms with van der Waals surface area (Å²) in [4.78, 5) is 34.8. The number of Topliss-reactive ketones (excluding diaryl/α,β-unsaturated/α-hetero) is 1. The molecule has 0 unspecified atom stereocenters. The smallest absolute Gasteiger partial charge is 0.178 e. The Bertz CT molecular complexity index is 1100. The summed E-state index contributed by atoms with van der Waals surface area (Å²) < 4.78 is 0. The van der Waals surface area contributed by atoms with E-state index in [-0.39, 0.29) is 41.3 Å². The number of rotatable bonds is 4. The third-order valence-corrected chi connectivity index (χ3v) is 11.2. The zero-order chi connectivity index (χ0) is 26.0. The van der Waals surface area contributed by atoms with Crippen LogP contribution in [-0.2, 0) is 9.59 Å². The molecular weight excluding hydrogens is 466 g/mol. The first-order valence-electron chi connectivity index (χ1n) is 14.2. The molecule has 2 N–H and O–H groups in total. The van der Waals surface area contributed by atoms with Crippen LogP contribution in [0.1, 0.15) is 58.8 Å². The lowest BCUT2D eigenvalue weighted by molar-refractivity contribution is -0.181. The number of carbonyl (C=O) groups excluding carboxylic acids is 2. The van der Waals surface area contributed by atoms with Crippen LogP contribution >= 0.6 is 0 Å². The molecule has 200 valence electrons. The Morgan fingerprint density at radius 1 is 1.11 bits per heavy atom. The predicted molar refractivity (Wildman–Crippen MR) is 141 cm³/mol. The Morgan fingerprint density at radius 3 is 2.62 bits per heavy atom. The molecule has 5 aliphatic rings. The Balaban J connectivity index is 1.17. The minimum absolute atomic E-state index is 0.0831. The number of nitrogens with zero attached hydrogens (tertiary/aromatic N) is 3. The summed E-state index contributed by atoms with van der Waals surface area (Å²) in [5.41, 5.74) is -0.971. The topological polar surface area (TPSA) is 94.0 Å². The van der Waals surface area contributed by atoms with Crippen molar-refractivity contribution in [3.63, 3.8) is 0 Å². The van der Waals surface area contributed by atoms with Crippen molar-refractivity contribution < 1.29 is 19.8 Å². The normalized spacial score (nSPS) is 42.0. The fourth-order valence-electron chi connectivity index (χ4n) is 9.16. The fourth-order valence-corrected chi connectivity index (χ4v) is 9.16. The van der Waals surface area contributed by atoms with Crippen LogP contribution < -0.4 is 4.90 Å². The Morgan fingerprint density at radius 2 is 1.89 bits per heavy atom. The number of fused-ring (bicyclic) bond motifs is 5. The quantitative estimate of drug-likeness (QED) is 0.647. The zero-order valence-electron chi connectivity index (χ0n) is 22.2. The second-order valence-electron chi connectivity index (χ2n) is 12.9. The lowest BCUT2D eigenvalue weighted by Crippen LogP contribution is -2.63. The van der Waals surface area contributed by atoms with Gasteiger partial charge in [0.05, 0.1) is 12.6 Å². The largest absolute Gasteiger partial charge is 0.393 e. The molecule has 4 aliphatic carbocycles. The number of allylic oxidation sites excluding steroid dienone is 1. The molecule has 7 nitrogen and oxygen atoms in total. The van der Waals surface area contributed by atoms with Gasteiger partial charge in [-0.05, 0) is 79.9 Å². The van der Waals surface area contributed by atoms with Crippen molar-refractivity contribution in [1.82, 2.24) is 9.88 Å². The van der Waals surface area contributed by atoms with Gasteiger partial charge in [0, 0.05) is 44.2 Å². The van der Waals surface area contributed by atoms with Crippen molar-refractivity contribution in [2.24, 2.45) is 28.6 Å². The molecule has 1 aromatic heterocycles. The molecular formula is C30H41N3O4. The summed E-state index contributed by atoms with van der Waals surface area (Å²) in [7, 11) is 0. The van der Waals surface area contributed by atoms with Gasteiger partial charge in [-0.2, -0.15) is 0 Å². The van der Waals surface area contributed by atoms with Gasteiger partial charge in [-0.1, -0.05) is 25.5 Å². The highest BCUT2D eigenvalue weighted by atomic mass is 16.3. The average Bonchev–Trinajstić information content (AvgIpc) is 3.16. The van der Waals surface area contributed by atoms with E-state index in [1.54, 1.807) is 6.20 Å². The minimum atomic E-state index is -1.40. The number of aromatic nitrogens is 1. The van der Waals surface area contributed by atoms with Crippen molar-refractivity contribution in [3.8, 4) is 0 Å². The molecule has 3 saturated carbocycles. The summed E-state index contributed by atoms with van der Waals surface area (Å²) in [5.74, 6) is 1.67. The molecule has 0 amide bonds. The number of hydrogen-bond donors (Lipinski definition) is 2. The van der Waals surface area contributed by atoms with Crippen molar-refractivity contribution >= 4 is 17.4 Å². The van der Waals surface area contributed by atoms with Gasteiger partial charge in [-0.25, -0.2) is 4.98 Å². The van der Waals surface area contributed by atoms with E-state index in [1.165, 1.54) is 5.57 Å². The van der Waals surface area contributed by atoms with Crippen LogP contribution in [0.2, 0.25) is 0 Å². The van der Waals surface area contributed by atoms with Crippen LogP contribution in [0.15, 0.2) is 36.0 Å². The highest BCUT2D eigenvalue weighted by Crippen LogP contribution is 2.67. The van der Waals surface area contributed by atoms with Gasteiger partial charge in [0.15, 0.2) is 11.6 Å². The number of piperazine rings is 1. The Hall–Kier alpha value is -2.09. The second-order valence-corrected chi connectivity index (χ2v) is 12.9. The summed E-state index contributed by atoms with van der Waals surface area (Å²) >= 11 is 0. The summed E-state index contributed by atoms with van der Waals surface area (Å²) in [6, 6.07) is 5.92. The Kier molecular flexibility index (Phi) is 6.12. The van der Waals surface area contributed by atoms with E-state index in [2.05, 4.69) is 28.6 Å². The molecule has 0 spiro atoms. The molecule has 37 heavy (non-hydrogen) atoms. The molecule has 4 fully saturated rings. The minimum Gasteiger partial charge on any atom is -0.393 e. The monoisotopic (exact) mass is 507 g/mol. The maximum Gasteiger partial charge on any atom is 0.178 e. The number of aliphatic hydroxyl groups is 2. The average molecular weight is 508 g/mol. The maximum absolute atomic E-state index is 13.8. The van der Waals surface area contributed by atoms with Crippen LogP contribution in [0, 0.1) is 28.6 Å². The van der Waals surface area contributed by atoms with Gasteiger partial charge >= 0.3 is 0 Å². The van der Waals surface area contributed by atoms with E-state index < -0.39 is 17.1 Å². The molecule has 0 bridgehead atoms. The van der Waals surface area contributed by atoms with Crippen molar-refractivity contribution in [3.05, 3.63) is 36.0 Å². The van der Waals surface area contributed by atoms with E-state index >= 15 is 0 Å².